The molecule has 10 heteroatoms. The molecule has 0 spiro atoms. The van der Waals surface area contributed by atoms with Gasteiger partial charge in [0.2, 0.25) is 0 Å². The van der Waals surface area contributed by atoms with E-state index in [4.69, 9.17) is 11.6 Å². The van der Waals surface area contributed by atoms with Gasteiger partial charge in [-0.15, -0.1) is 0 Å². The highest BCUT2D eigenvalue weighted by molar-refractivity contribution is 6.39. The van der Waals surface area contributed by atoms with Crippen LogP contribution in [0.3, 0.4) is 0 Å². The van der Waals surface area contributed by atoms with Gasteiger partial charge in [0.15, 0.2) is 0 Å². The van der Waals surface area contributed by atoms with Gasteiger partial charge in [-0.3, -0.25) is 9.59 Å². The summed E-state index contributed by atoms with van der Waals surface area (Å²) in [5.41, 5.74) is -1.23. The Balaban J connectivity index is 1.61. The smallest absolute Gasteiger partial charge is 0.353 e. The molecule has 0 bridgehead atoms. The third kappa shape index (κ3) is 4.53. The van der Waals surface area contributed by atoms with Crippen LogP contribution in [0.4, 0.5) is 24.7 Å². The standard InChI is InChI=1S/C18H16ClF3N4O2/c19-14-5-4-12(11-13(14)18(20,21)22)24-16(27)17(28)26-9-7-25(8-10-26)15-3-1-2-6-23-15/h1-6,11H,7-10H2,(H,24,27). The Morgan fingerprint density at radius 2 is 1.79 bits per heavy atom. The number of nitrogens with one attached hydrogen (secondary N) is 1. The molecule has 6 nitrogen and oxygen atoms in total. The molecule has 0 atom stereocenters. The minimum Gasteiger partial charge on any atom is -0.353 e. The highest BCUT2D eigenvalue weighted by Gasteiger charge is 2.34. The van der Waals surface area contributed by atoms with Crippen molar-refractivity contribution < 1.29 is 22.8 Å². The molecule has 1 N–H and O–H groups in total. The number of benzene rings is 1. The molecule has 3 rings (SSSR count). The number of rotatable bonds is 2. The molecule has 1 aromatic carbocycles. The van der Waals surface area contributed by atoms with E-state index in [-0.39, 0.29) is 5.69 Å². The summed E-state index contributed by atoms with van der Waals surface area (Å²) >= 11 is 5.55. The Kier molecular flexibility index (Phi) is 5.73. The SMILES string of the molecule is O=C(Nc1ccc(Cl)c(C(F)(F)F)c1)C(=O)N1CCN(c2ccccn2)CC1. The number of aromatic nitrogens is 1. The van der Waals surface area contributed by atoms with Crippen molar-refractivity contribution in [1.82, 2.24) is 9.88 Å². The van der Waals surface area contributed by atoms with Gasteiger partial charge in [0.05, 0.1) is 10.6 Å². The summed E-state index contributed by atoms with van der Waals surface area (Å²) in [6.45, 7) is 1.60. The maximum Gasteiger partial charge on any atom is 0.417 e. The monoisotopic (exact) mass is 412 g/mol. The molecule has 1 saturated heterocycles. The fourth-order valence-corrected chi connectivity index (χ4v) is 3.05. The van der Waals surface area contributed by atoms with E-state index in [2.05, 4.69) is 10.3 Å². The zero-order chi connectivity index (χ0) is 20.3. The van der Waals surface area contributed by atoms with Crippen LogP contribution in [0.1, 0.15) is 5.56 Å². The molecular weight excluding hydrogens is 397 g/mol. The van der Waals surface area contributed by atoms with E-state index in [1.165, 1.54) is 11.0 Å². The van der Waals surface area contributed by atoms with Crippen LogP contribution in [0.25, 0.3) is 0 Å². The van der Waals surface area contributed by atoms with E-state index in [0.717, 1.165) is 11.9 Å². The van der Waals surface area contributed by atoms with E-state index < -0.39 is 28.6 Å². The third-order valence-electron chi connectivity index (χ3n) is 4.26. The van der Waals surface area contributed by atoms with Crippen molar-refractivity contribution in [2.75, 3.05) is 36.4 Å². The Bertz CT molecular complexity index is 869. The number of hydrogen-bond donors (Lipinski definition) is 1. The quantitative estimate of drug-likeness (QED) is 0.770. The Hall–Kier alpha value is -2.81. The first kappa shape index (κ1) is 19.9. The van der Waals surface area contributed by atoms with Crippen molar-refractivity contribution in [3.8, 4) is 0 Å². The lowest BCUT2D eigenvalue weighted by atomic mass is 10.2. The molecular formula is C18H16ClF3N4O2. The van der Waals surface area contributed by atoms with E-state index in [1.807, 2.05) is 17.0 Å². The van der Waals surface area contributed by atoms with Gasteiger partial charge in [-0.1, -0.05) is 17.7 Å². The fraction of sp³-hybridized carbons (Fsp3) is 0.278. The lowest BCUT2D eigenvalue weighted by Crippen LogP contribution is -2.51. The van der Waals surface area contributed by atoms with Gasteiger partial charge in [0, 0.05) is 38.1 Å². The van der Waals surface area contributed by atoms with Gasteiger partial charge in [-0.2, -0.15) is 13.2 Å². The molecule has 1 fully saturated rings. The van der Waals surface area contributed by atoms with Crippen molar-refractivity contribution in [2.24, 2.45) is 0 Å². The van der Waals surface area contributed by atoms with Crippen molar-refractivity contribution in [1.29, 1.82) is 0 Å². The number of pyridine rings is 1. The van der Waals surface area contributed by atoms with Crippen LogP contribution in [0.2, 0.25) is 5.02 Å². The number of nitrogens with zero attached hydrogens (tertiary/aromatic N) is 3. The predicted molar refractivity (Wildman–Crippen MR) is 98.1 cm³/mol. The molecule has 1 aromatic heterocycles. The molecule has 2 heterocycles. The van der Waals surface area contributed by atoms with Crippen LogP contribution < -0.4 is 10.2 Å². The summed E-state index contributed by atoms with van der Waals surface area (Å²) in [6.07, 6.45) is -2.99. The lowest BCUT2D eigenvalue weighted by molar-refractivity contribution is -0.143. The Morgan fingerprint density at radius 1 is 1.07 bits per heavy atom. The van der Waals surface area contributed by atoms with Gasteiger partial charge >= 0.3 is 18.0 Å². The first-order valence-electron chi connectivity index (χ1n) is 8.38. The van der Waals surface area contributed by atoms with Crippen molar-refractivity contribution in [2.45, 2.75) is 6.18 Å². The summed E-state index contributed by atoms with van der Waals surface area (Å²) < 4.78 is 38.7. The number of halogens is 4. The molecule has 0 aliphatic carbocycles. The predicted octanol–water partition coefficient (Wildman–Crippen LogP) is 3.04. The van der Waals surface area contributed by atoms with E-state index in [9.17, 15) is 22.8 Å². The van der Waals surface area contributed by atoms with Crippen LogP contribution in [0.15, 0.2) is 42.6 Å². The highest BCUT2D eigenvalue weighted by Crippen LogP contribution is 2.36. The summed E-state index contributed by atoms with van der Waals surface area (Å²) in [5, 5.41) is 1.72. The minimum atomic E-state index is -4.66. The first-order chi connectivity index (χ1) is 13.3. The number of carbonyl (C=O) groups is 2. The second-order valence-corrected chi connectivity index (χ2v) is 6.52. The van der Waals surface area contributed by atoms with E-state index in [1.54, 1.807) is 12.3 Å². The van der Waals surface area contributed by atoms with E-state index >= 15 is 0 Å². The number of carbonyl (C=O) groups excluding carboxylic acids is 2. The maximum absolute atomic E-state index is 12.9. The molecule has 2 amide bonds. The van der Waals surface area contributed by atoms with Gasteiger partial charge in [-0.05, 0) is 30.3 Å². The van der Waals surface area contributed by atoms with Crippen molar-refractivity contribution in [3.05, 3.63) is 53.2 Å². The Morgan fingerprint density at radius 3 is 2.39 bits per heavy atom. The molecule has 0 saturated carbocycles. The molecule has 1 aliphatic heterocycles. The largest absolute Gasteiger partial charge is 0.417 e. The van der Waals surface area contributed by atoms with Gasteiger partial charge in [0.25, 0.3) is 0 Å². The second-order valence-electron chi connectivity index (χ2n) is 6.11. The first-order valence-corrected chi connectivity index (χ1v) is 8.76. The number of hydrogen-bond acceptors (Lipinski definition) is 4. The second kappa shape index (κ2) is 8.05. The number of alkyl halides is 3. The van der Waals surface area contributed by atoms with Crippen LogP contribution in [-0.4, -0.2) is 47.9 Å². The summed E-state index contributed by atoms with van der Waals surface area (Å²) in [6, 6.07) is 8.44. The van der Waals surface area contributed by atoms with E-state index in [0.29, 0.717) is 32.2 Å². The summed E-state index contributed by atoms with van der Waals surface area (Å²) in [4.78, 5) is 32.1. The van der Waals surface area contributed by atoms with Crippen LogP contribution in [0, 0.1) is 0 Å². The topological polar surface area (TPSA) is 65.5 Å². The van der Waals surface area contributed by atoms with Crippen molar-refractivity contribution in [3.63, 3.8) is 0 Å². The minimum absolute atomic E-state index is 0.151. The molecule has 1 aliphatic rings. The van der Waals surface area contributed by atoms with Crippen LogP contribution in [-0.2, 0) is 15.8 Å². The average Bonchev–Trinajstić information content (AvgIpc) is 2.69. The number of piperazine rings is 1. The summed E-state index contributed by atoms with van der Waals surface area (Å²) in [7, 11) is 0. The molecule has 0 radical (unpaired) electrons. The highest BCUT2D eigenvalue weighted by atomic mass is 35.5. The lowest BCUT2D eigenvalue weighted by Gasteiger charge is -2.35. The zero-order valence-corrected chi connectivity index (χ0v) is 15.3. The zero-order valence-electron chi connectivity index (χ0n) is 14.5. The van der Waals surface area contributed by atoms with Crippen LogP contribution in [0.5, 0.6) is 0 Å². The normalized spacial score (nSPS) is 14.7. The average molecular weight is 413 g/mol. The van der Waals surface area contributed by atoms with Crippen LogP contribution >= 0.6 is 11.6 Å². The molecule has 28 heavy (non-hydrogen) atoms. The maximum atomic E-state index is 12.9. The van der Waals surface area contributed by atoms with Gasteiger partial charge < -0.3 is 15.1 Å². The molecule has 2 aromatic rings. The molecule has 148 valence electrons. The number of amides is 2. The third-order valence-corrected chi connectivity index (χ3v) is 4.59. The Labute approximate surface area is 163 Å². The van der Waals surface area contributed by atoms with Crippen molar-refractivity contribution >= 4 is 34.9 Å². The number of anilines is 2. The van der Waals surface area contributed by atoms with Gasteiger partial charge in [0.1, 0.15) is 5.82 Å². The summed E-state index contributed by atoms with van der Waals surface area (Å²) in [5.74, 6) is -1.02. The fourth-order valence-electron chi connectivity index (χ4n) is 2.83. The van der Waals surface area contributed by atoms with Gasteiger partial charge in [-0.25, -0.2) is 4.98 Å². The molecule has 0 unspecified atom stereocenters.